The number of carboxylic acids is 1. The van der Waals surface area contributed by atoms with E-state index in [1.807, 2.05) is 18.2 Å². The summed E-state index contributed by atoms with van der Waals surface area (Å²) in [6.45, 7) is 0. The molecule has 2 aromatic carbocycles. The molecule has 0 saturated heterocycles. The molecule has 0 radical (unpaired) electrons. The summed E-state index contributed by atoms with van der Waals surface area (Å²) in [5.74, 6) is -0.277. The highest BCUT2D eigenvalue weighted by atomic mass is 32.2. The van der Waals surface area contributed by atoms with Gasteiger partial charge in [0, 0.05) is 4.88 Å². The Morgan fingerprint density at radius 3 is 2.72 bits per heavy atom. The van der Waals surface area contributed by atoms with Crippen molar-refractivity contribution in [3.8, 4) is 21.1 Å². The van der Waals surface area contributed by atoms with Gasteiger partial charge in [-0.2, -0.15) is 0 Å². The van der Waals surface area contributed by atoms with Gasteiger partial charge in [-0.3, -0.25) is 9.89 Å². The predicted octanol–water partition coefficient (Wildman–Crippen LogP) is 4.53. The highest BCUT2D eigenvalue weighted by Gasteiger charge is 2.11. The molecule has 2 aromatic heterocycles. The van der Waals surface area contributed by atoms with Gasteiger partial charge in [0.05, 0.1) is 10.6 Å². The average molecular weight is 367 g/mol. The molecule has 25 heavy (non-hydrogen) atoms. The first kappa shape index (κ1) is 15.9. The summed E-state index contributed by atoms with van der Waals surface area (Å²) in [7, 11) is 0. The van der Waals surface area contributed by atoms with Gasteiger partial charge in [0.25, 0.3) is 0 Å². The second-order valence-corrected chi connectivity index (χ2v) is 7.40. The van der Waals surface area contributed by atoms with E-state index in [0.717, 1.165) is 27.1 Å². The minimum absolute atomic E-state index is 0.0515. The molecule has 7 heteroatoms. The lowest BCUT2D eigenvalue weighted by Crippen LogP contribution is -1.97. The van der Waals surface area contributed by atoms with Crippen LogP contribution < -0.4 is 0 Å². The van der Waals surface area contributed by atoms with Gasteiger partial charge in [-0.1, -0.05) is 48.2 Å². The first-order chi connectivity index (χ1) is 12.2. The van der Waals surface area contributed by atoms with E-state index >= 15 is 0 Å². The molecule has 0 bridgehead atoms. The van der Waals surface area contributed by atoms with Crippen molar-refractivity contribution in [1.29, 1.82) is 0 Å². The molecule has 0 saturated carbocycles. The maximum Gasteiger partial charge on any atom is 0.313 e. The van der Waals surface area contributed by atoms with Gasteiger partial charge in [0.1, 0.15) is 0 Å². The number of thioether (sulfide) groups is 1. The molecule has 5 nitrogen and oxygen atoms in total. The summed E-state index contributed by atoms with van der Waals surface area (Å²) in [6.07, 6.45) is 0. The zero-order valence-electron chi connectivity index (χ0n) is 13.0. The Bertz CT molecular complexity index is 1060. The molecular formula is C18H13N3O2S2. The van der Waals surface area contributed by atoms with Crippen molar-refractivity contribution in [3.63, 3.8) is 0 Å². The Morgan fingerprint density at radius 1 is 1.08 bits per heavy atom. The molecule has 0 atom stereocenters. The smallest absolute Gasteiger partial charge is 0.313 e. The van der Waals surface area contributed by atoms with Crippen LogP contribution in [0.1, 0.15) is 0 Å². The molecule has 0 unspecified atom stereocenters. The summed E-state index contributed by atoms with van der Waals surface area (Å²) in [5, 5.41) is 18.5. The van der Waals surface area contributed by atoms with Crippen molar-refractivity contribution >= 4 is 39.8 Å². The summed E-state index contributed by atoms with van der Waals surface area (Å²) in [6, 6.07) is 18.8. The highest BCUT2D eigenvalue weighted by molar-refractivity contribution is 7.99. The summed E-state index contributed by atoms with van der Waals surface area (Å²) < 4.78 is 0. The molecule has 0 aliphatic rings. The third-order valence-corrected chi connectivity index (χ3v) is 5.64. The maximum atomic E-state index is 10.6. The monoisotopic (exact) mass is 367 g/mol. The number of aliphatic carboxylic acids is 1. The van der Waals surface area contributed by atoms with E-state index in [1.165, 1.54) is 10.8 Å². The molecule has 2 N–H and O–H groups in total. The first-order valence-corrected chi connectivity index (χ1v) is 9.35. The fourth-order valence-electron chi connectivity index (χ4n) is 2.51. The van der Waals surface area contributed by atoms with E-state index in [2.05, 4.69) is 51.6 Å². The lowest BCUT2D eigenvalue weighted by molar-refractivity contribution is -0.133. The van der Waals surface area contributed by atoms with Gasteiger partial charge in [-0.25, -0.2) is 4.98 Å². The van der Waals surface area contributed by atoms with Gasteiger partial charge >= 0.3 is 5.97 Å². The van der Waals surface area contributed by atoms with Gasteiger partial charge in [-0.05, 0) is 34.5 Å². The van der Waals surface area contributed by atoms with Crippen LogP contribution in [0.3, 0.4) is 0 Å². The van der Waals surface area contributed by atoms with Crippen LogP contribution in [0.4, 0.5) is 0 Å². The number of hydrogen-bond donors (Lipinski definition) is 2. The number of nitrogens with zero attached hydrogens (tertiary/aromatic N) is 2. The molecular weight excluding hydrogens is 354 g/mol. The van der Waals surface area contributed by atoms with Gasteiger partial charge in [0.15, 0.2) is 5.82 Å². The molecule has 0 aliphatic heterocycles. The number of aromatic nitrogens is 3. The summed E-state index contributed by atoms with van der Waals surface area (Å²) >= 11 is 2.73. The molecule has 0 spiro atoms. The molecule has 4 aromatic rings. The van der Waals surface area contributed by atoms with Gasteiger partial charge in [0.2, 0.25) is 5.16 Å². The molecule has 4 rings (SSSR count). The van der Waals surface area contributed by atoms with E-state index in [9.17, 15) is 4.79 Å². The van der Waals surface area contributed by atoms with Crippen LogP contribution in [0.15, 0.2) is 59.8 Å². The quantitative estimate of drug-likeness (QED) is 0.507. The van der Waals surface area contributed by atoms with Gasteiger partial charge in [-0.15, -0.1) is 16.4 Å². The van der Waals surface area contributed by atoms with Crippen molar-refractivity contribution in [2.75, 3.05) is 5.75 Å². The van der Waals surface area contributed by atoms with Crippen molar-refractivity contribution in [3.05, 3.63) is 54.6 Å². The van der Waals surface area contributed by atoms with Gasteiger partial charge < -0.3 is 5.11 Å². The number of hydrogen-bond acceptors (Lipinski definition) is 5. The number of benzene rings is 2. The van der Waals surface area contributed by atoms with Crippen LogP contribution in [0.5, 0.6) is 0 Å². The standard InChI is InChI=1S/C18H13N3O2S2/c22-16(23)10-24-18-19-17(20-21-18)15-8-7-14(25-15)13-6-5-11-3-1-2-4-12(11)9-13/h1-9H,10H2,(H,22,23)(H,19,20,21). The Labute approximate surface area is 151 Å². The van der Waals surface area contributed by atoms with Crippen molar-refractivity contribution < 1.29 is 9.90 Å². The third-order valence-electron chi connectivity index (χ3n) is 3.66. The molecule has 0 amide bonds. The first-order valence-electron chi connectivity index (χ1n) is 7.55. The fourth-order valence-corrected chi connectivity index (χ4v) is 3.97. The number of H-pyrrole nitrogens is 1. The topological polar surface area (TPSA) is 78.9 Å². The largest absolute Gasteiger partial charge is 0.481 e. The van der Waals surface area contributed by atoms with E-state index in [4.69, 9.17) is 5.11 Å². The van der Waals surface area contributed by atoms with Crippen LogP contribution in [0.2, 0.25) is 0 Å². The Kier molecular flexibility index (Phi) is 4.25. The SMILES string of the molecule is O=C(O)CSc1n[nH]c(-c2ccc(-c3ccc4ccccc4c3)s2)n1. The van der Waals surface area contributed by atoms with E-state index in [1.54, 1.807) is 11.3 Å². The van der Waals surface area contributed by atoms with E-state index in [-0.39, 0.29) is 5.75 Å². The number of rotatable bonds is 5. The molecule has 124 valence electrons. The van der Waals surface area contributed by atoms with Crippen molar-refractivity contribution in [2.45, 2.75) is 5.16 Å². The number of carbonyl (C=O) groups is 1. The zero-order chi connectivity index (χ0) is 17.2. The van der Waals surface area contributed by atoms with Crippen LogP contribution in [0.25, 0.3) is 31.9 Å². The van der Waals surface area contributed by atoms with E-state index in [0.29, 0.717) is 11.0 Å². The Balaban J connectivity index is 1.60. The number of fused-ring (bicyclic) bond motifs is 1. The lowest BCUT2D eigenvalue weighted by atomic mass is 10.1. The Hall–Kier alpha value is -2.64. The second-order valence-electron chi connectivity index (χ2n) is 5.37. The molecule has 0 fully saturated rings. The Morgan fingerprint density at radius 2 is 1.88 bits per heavy atom. The molecule has 0 aliphatic carbocycles. The lowest BCUT2D eigenvalue weighted by Gasteiger charge is -2.01. The minimum Gasteiger partial charge on any atom is -0.481 e. The normalized spacial score (nSPS) is 11.0. The summed E-state index contributed by atoms with van der Waals surface area (Å²) in [5.41, 5.74) is 1.16. The summed E-state index contributed by atoms with van der Waals surface area (Å²) in [4.78, 5) is 17.1. The third kappa shape index (κ3) is 3.42. The van der Waals surface area contributed by atoms with Crippen LogP contribution in [-0.4, -0.2) is 32.0 Å². The minimum atomic E-state index is -0.883. The maximum absolute atomic E-state index is 10.6. The van der Waals surface area contributed by atoms with Crippen LogP contribution >= 0.6 is 23.1 Å². The number of nitrogens with one attached hydrogen (secondary N) is 1. The number of aromatic amines is 1. The van der Waals surface area contributed by atoms with Crippen molar-refractivity contribution in [2.24, 2.45) is 0 Å². The van der Waals surface area contributed by atoms with Crippen LogP contribution in [0, 0.1) is 0 Å². The predicted molar refractivity (Wildman–Crippen MR) is 101 cm³/mol. The number of thiophene rings is 1. The van der Waals surface area contributed by atoms with Crippen molar-refractivity contribution in [1.82, 2.24) is 15.2 Å². The number of carboxylic acid groups (broad SMARTS) is 1. The molecule has 2 heterocycles. The van der Waals surface area contributed by atoms with E-state index < -0.39 is 5.97 Å². The fraction of sp³-hybridized carbons (Fsp3) is 0.0556. The second kappa shape index (κ2) is 6.70. The zero-order valence-corrected chi connectivity index (χ0v) is 14.6. The highest BCUT2D eigenvalue weighted by Crippen LogP contribution is 2.34. The average Bonchev–Trinajstić information content (AvgIpc) is 3.29. The van der Waals surface area contributed by atoms with Crippen LogP contribution in [-0.2, 0) is 4.79 Å².